The van der Waals surface area contributed by atoms with Crippen molar-refractivity contribution in [3.63, 3.8) is 0 Å². The molecule has 0 radical (unpaired) electrons. The van der Waals surface area contributed by atoms with Crippen molar-refractivity contribution in [2.45, 2.75) is 6.42 Å². The smallest absolute Gasteiger partial charge is 0.255 e. The Morgan fingerprint density at radius 3 is 2.35 bits per heavy atom. The maximum Gasteiger partial charge on any atom is 0.255 e. The van der Waals surface area contributed by atoms with E-state index in [-0.39, 0.29) is 41.4 Å². The van der Waals surface area contributed by atoms with E-state index in [0.717, 1.165) is 17.3 Å². The molecule has 1 aromatic heterocycles. The predicted octanol–water partition coefficient (Wildman–Crippen LogP) is 3.80. The summed E-state index contributed by atoms with van der Waals surface area (Å²) < 4.78 is 0. The van der Waals surface area contributed by atoms with Gasteiger partial charge < -0.3 is 5.32 Å². The molecule has 31 heavy (non-hydrogen) atoms. The number of rotatable bonds is 3. The number of nitrogens with one attached hydrogen (secondary N) is 1. The standard InChI is InChI=1S/C25H19N3O3/c29-23(27-18-7-10-20-15(13-18)2-1-11-26-20)14-5-8-19(9-6-14)28-24(30)21-16-3-4-17(12-16)22(21)25(28)31/h1-11,13,16-17,21-22H,12H2,(H,27,29). The van der Waals surface area contributed by atoms with Crippen molar-refractivity contribution in [2.24, 2.45) is 23.7 Å². The molecule has 1 saturated heterocycles. The molecule has 1 N–H and O–H groups in total. The fraction of sp³-hybridized carbons (Fsp3) is 0.200. The third-order valence-corrected chi connectivity index (χ3v) is 6.72. The highest BCUT2D eigenvalue weighted by atomic mass is 16.2. The number of benzene rings is 2. The number of aromatic nitrogens is 1. The molecule has 2 fully saturated rings. The van der Waals surface area contributed by atoms with Gasteiger partial charge in [0.1, 0.15) is 0 Å². The van der Waals surface area contributed by atoms with E-state index in [1.165, 1.54) is 4.90 Å². The van der Waals surface area contributed by atoms with Gasteiger partial charge in [-0.25, -0.2) is 0 Å². The molecule has 2 aliphatic carbocycles. The maximum absolute atomic E-state index is 12.9. The topological polar surface area (TPSA) is 79.4 Å². The Kier molecular flexibility index (Phi) is 3.84. The monoisotopic (exact) mass is 409 g/mol. The second-order valence-corrected chi connectivity index (χ2v) is 8.42. The first-order chi connectivity index (χ1) is 15.1. The van der Waals surface area contributed by atoms with Crippen LogP contribution in [0, 0.1) is 23.7 Å². The third-order valence-electron chi connectivity index (χ3n) is 6.72. The van der Waals surface area contributed by atoms with E-state index in [1.807, 2.05) is 30.3 Å². The van der Waals surface area contributed by atoms with Gasteiger partial charge in [0.05, 0.1) is 23.0 Å². The third kappa shape index (κ3) is 2.71. The largest absolute Gasteiger partial charge is 0.322 e. The van der Waals surface area contributed by atoms with Crippen molar-refractivity contribution in [3.05, 3.63) is 78.5 Å². The number of hydrogen-bond donors (Lipinski definition) is 1. The summed E-state index contributed by atoms with van der Waals surface area (Å²) in [5, 5.41) is 3.83. The highest BCUT2D eigenvalue weighted by Crippen LogP contribution is 2.53. The van der Waals surface area contributed by atoms with E-state index in [2.05, 4.69) is 22.5 Å². The number of imide groups is 1. The summed E-state index contributed by atoms with van der Waals surface area (Å²) in [6, 6.07) is 16.0. The van der Waals surface area contributed by atoms with Crippen molar-refractivity contribution < 1.29 is 14.4 Å². The Morgan fingerprint density at radius 2 is 1.65 bits per heavy atom. The molecular formula is C25H19N3O3. The van der Waals surface area contributed by atoms with Gasteiger partial charge in [0.15, 0.2) is 0 Å². The molecule has 2 aromatic carbocycles. The molecule has 1 saturated carbocycles. The highest BCUT2D eigenvalue weighted by Gasteiger charge is 2.59. The molecule has 6 heteroatoms. The SMILES string of the molecule is O=C(Nc1ccc2ncccc2c1)c1ccc(N2C(=O)C3C4C=CC(C4)C3C2=O)cc1. The summed E-state index contributed by atoms with van der Waals surface area (Å²) >= 11 is 0. The summed E-state index contributed by atoms with van der Waals surface area (Å²) in [6.45, 7) is 0. The molecule has 0 spiro atoms. The number of amides is 3. The molecule has 3 amide bonds. The summed E-state index contributed by atoms with van der Waals surface area (Å²) in [4.78, 5) is 44.1. The fourth-order valence-corrected chi connectivity index (χ4v) is 5.28. The normalized spacial score (nSPS) is 26.0. The molecule has 6 nitrogen and oxygen atoms in total. The van der Waals surface area contributed by atoms with Crippen molar-refractivity contribution in [2.75, 3.05) is 10.2 Å². The van der Waals surface area contributed by atoms with Crippen molar-refractivity contribution in [3.8, 4) is 0 Å². The average Bonchev–Trinajstić information content (AvgIpc) is 3.47. The number of pyridine rings is 1. The molecule has 4 atom stereocenters. The second-order valence-electron chi connectivity index (χ2n) is 8.42. The van der Waals surface area contributed by atoms with Crippen LogP contribution in [-0.2, 0) is 9.59 Å². The number of carbonyl (C=O) groups is 3. The highest BCUT2D eigenvalue weighted by molar-refractivity contribution is 6.23. The van der Waals surface area contributed by atoms with Crippen LogP contribution >= 0.6 is 0 Å². The minimum atomic E-state index is -0.257. The Labute approximate surface area is 178 Å². The van der Waals surface area contributed by atoms with Crippen LogP contribution in [0.4, 0.5) is 11.4 Å². The second kappa shape index (κ2) is 6.60. The minimum Gasteiger partial charge on any atom is -0.322 e. The van der Waals surface area contributed by atoms with Gasteiger partial charge in [-0.2, -0.15) is 0 Å². The van der Waals surface area contributed by atoms with E-state index in [1.54, 1.807) is 30.5 Å². The molecule has 152 valence electrons. The summed E-state index contributed by atoms with van der Waals surface area (Å²) in [5.74, 6) is -0.589. The van der Waals surface area contributed by atoms with Gasteiger partial charge in [-0.3, -0.25) is 24.3 Å². The number of allylic oxidation sites excluding steroid dienone is 2. The van der Waals surface area contributed by atoms with Crippen LogP contribution in [0.3, 0.4) is 0 Å². The molecule has 3 aliphatic rings. The van der Waals surface area contributed by atoms with E-state index >= 15 is 0 Å². The van der Waals surface area contributed by atoms with Gasteiger partial charge in [-0.15, -0.1) is 0 Å². The number of fused-ring (bicyclic) bond motifs is 6. The molecular weight excluding hydrogens is 390 g/mol. The predicted molar refractivity (Wildman–Crippen MR) is 116 cm³/mol. The number of nitrogens with zero attached hydrogens (tertiary/aromatic N) is 2. The fourth-order valence-electron chi connectivity index (χ4n) is 5.28. The van der Waals surface area contributed by atoms with Crippen LogP contribution in [0.5, 0.6) is 0 Å². The lowest BCUT2D eigenvalue weighted by molar-refractivity contribution is -0.123. The lowest BCUT2D eigenvalue weighted by Gasteiger charge is -2.17. The number of anilines is 2. The van der Waals surface area contributed by atoms with Crippen molar-refractivity contribution in [1.29, 1.82) is 0 Å². The van der Waals surface area contributed by atoms with Crippen LogP contribution in [-0.4, -0.2) is 22.7 Å². The van der Waals surface area contributed by atoms with E-state index in [9.17, 15) is 14.4 Å². The molecule has 3 aromatic rings. The zero-order valence-electron chi connectivity index (χ0n) is 16.6. The average molecular weight is 409 g/mol. The van der Waals surface area contributed by atoms with Crippen LogP contribution in [0.1, 0.15) is 16.8 Å². The first-order valence-corrected chi connectivity index (χ1v) is 10.4. The number of carbonyl (C=O) groups excluding carboxylic acids is 3. The molecule has 1 aliphatic heterocycles. The molecule has 2 bridgehead atoms. The van der Waals surface area contributed by atoms with Gasteiger partial charge >= 0.3 is 0 Å². The van der Waals surface area contributed by atoms with E-state index < -0.39 is 0 Å². The Morgan fingerprint density at radius 1 is 0.935 bits per heavy atom. The molecule has 6 rings (SSSR count). The van der Waals surface area contributed by atoms with Gasteiger partial charge in [0.2, 0.25) is 11.8 Å². The van der Waals surface area contributed by atoms with Crippen molar-refractivity contribution in [1.82, 2.24) is 4.98 Å². The van der Waals surface area contributed by atoms with Crippen LogP contribution in [0.25, 0.3) is 10.9 Å². The first kappa shape index (κ1) is 18.0. The lowest BCUT2D eigenvalue weighted by Crippen LogP contribution is -2.32. The minimum absolute atomic E-state index is 0.117. The molecule has 4 unspecified atom stereocenters. The van der Waals surface area contributed by atoms with Gasteiger partial charge in [-0.05, 0) is 66.8 Å². The first-order valence-electron chi connectivity index (χ1n) is 10.4. The number of hydrogen-bond acceptors (Lipinski definition) is 4. The quantitative estimate of drug-likeness (QED) is 0.527. The van der Waals surface area contributed by atoms with Crippen molar-refractivity contribution >= 4 is 40.0 Å². The van der Waals surface area contributed by atoms with E-state index in [0.29, 0.717) is 16.9 Å². The Bertz CT molecular complexity index is 1250. The van der Waals surface area contributed by atoms with Crippen LogP contribution < -0.4 is 10.2 Å². The zero-order chi connectivity index (χ0) is 21.1. The van der Waals surface area contributed by atoms with Crippen LogP contribution in [0.2, 0.25) is 0 Å². The Balaban J connectivity index is 1.21. The van der Waals surface area contributed by atoms with Crippen LogP contribution in [0.15, 0.2) is 72.9 Å². The maximum atomic E-state index is 12.9. The molecule has 2 heterocycles. The van der Waals surface area contributed by atoms with E-state index in [4.69, 9.17) is 0 Å². The summed E-state index contributed by atoms with van der Waals surface area (Å²) in [6.07, 6.45) is 6.80. The lowest BCUT2D eigenvalue weighted by atomic mass is 9.85. The summed E-state index contributed by atoms with van der Waals surface area (Å²) in [5.41, 5.74) is 2.52. The van der Waals surface area contributed by atoms with Gasteiger partial charge in [0.25, 0.3) is 5.91 Å². The van der Waals surface area contributed by atoms with Gasteiger partial charge in [0, 0.05) is 22.8 Å². The zero-order valence-corrected chi connectivity index (χ0v) is 16.6. The summed E-state index contributed by atoms with van der Waals surface area (Å²) in [7, 11) is 0. The van der Waals surface area contributed by atoms with Gasteiger partial charge in [-0.1, -0.05) is 18.2 Å². The Hall–Kier alpha value is -3.80.